The molecule has 0 spiro atoms. The minimum Gasteiger partial charge on any atom is -0.310 e. The van der Waals surface area contributed by atoms with Gasteiger partial charge in [-0.3, -0.25) is 4.79 Å². The lowest BCUT2D eigenvalue weighted by molar-refractivity contribution is 0.0936. The first-order valence-corrected chi connectivity index (χ1v) is 13.6. The second kappa shape index (κ2) is 7.35. The van der Waals surface area contributed by atoms with Crippen molar-refractivity contribution in [3.63, 3.8) is 0 Å². The Morgan fingerprint density at radius 2 is 1.58 bits per heavy atom. The van der Waals surface area contributed by atoms with Crippen molar-refractivity contribution in [1.29, 1.82) is 0 Å². The maximum atomic E-state index is 13.0. The lowest BCUT2D eigenvalue weighted by atomic mass is 9.71. The fourth-order valence-corrected chi connectivity index (χ4v) is 9.00. The fourth-order valence-electron chi connectivity index (χ4n) is 3.78. The Hall–Kier alpha value is -0.150. The highest BCUT2D eigenvalue weighted by molar-refractivity contribution is 8.06. The second-order valence-electron chi connectivity index (χ2n) is 6.68. The molecule has 2 aliphatic heterocycles. The molecule has 3 nitrogen and oxygen atoms in total. The molecule has 140 valence electrons. The highest BCUT2D eigenvalue weighted by atomic mass is 32.2. The summed E-state index contributed by atoms with van der Waals surface area (Å²) < 4.78 is 4.62. The van der Waals surface area contributed by atoms with Crippen LogP contribution < -0.4 is 0 Å². The predicted molar refractivity (Wildman–Crippen MR) is 120 cm³/mol. The number of carbonyl (C=O) groups excluding carboxylic acids is 1. The van der Waals surface area contributed by atoms with Gasteiger partial charge >= 0.3 is 0 Å². The zero-order valence-corrected chi connectivity index (χ0v) is 19.3. The average Bonchev–Trinajstić information content (AvgIpc) is 3.32. The van der Waals surface area contributed by atoms with E-state index < -0.39 is 0 Å². The fraction of sp³-hybridized carbons (Fsp3) is 0.500. The molecule has 3 aliphatic rings. The van der Waals surface area contributed by atoms with Crippen molar-refractivity contribution in [2.24, 2.45) is 5.41 Å². The van der Waals surface area contributed by atoms with Gasteiger partial charge in [0.05, 0.1) is 10.7 Å². The number of thioether (sulfide) groups is 2. The van der Waals surface area contributed by atoms with Crippen LogP contribution in [0.4, 0.5) is 0 Å². The number of Topliss-reactive ketones (excluding diaryl/α,β-unsaturated/α-hetero) is 1. The van der Waals surface area contributed by atoms with Crippen molar-refractivity contribution in [1.82, 2.24) is 8.61 Å². The molecule has 3 heterocycles. The number of hydrogen-bond donors (Lipinski definition) is 0. The summed E-state index contributed by atoms with van der Waals surface area (Å²) in [7, 11) is 0. The van der Waals surface area contributed by atoms with Crippen molar-refractivity contribution in [3.05, 3.63) is 44.1 Å². The van der Waals surface area contributed by atoms with E-state index in [2.05, 4.69) is 52.7 Å². The first-order valence-electron chi connectivity index (χ1n) is 8.49. The molecule has 2 atom stereocenters. The van der Waals surface area contributed by atoms with E-state index in [9.17, 15) is 4.79 Å². The van der Waals surface area contributed by atoms with Crippen LogP contribution in [0.25, 0.3) is 0 Å². The Bertz CT molecular complexity index is 752. The molecule has 26 heavy (non-hydrogen) atoms. The number of rotatable bonds is 4. The third-order valence-corrected chi connectivity index (χ3v) is 10.5. The van der Waals surface area contributed by atoms with E-state index in [-0.39, 0.29) is 5.41 Å². The van der Waals surface area contributed by atoms with Gasteiger partial charge in [-0.05, 0) is 31.2 Å². The van der Waals surface area contributed by atoms with Gasteiger partial charge in [0, 0.05) is 57.5 Å². The molecule has 0 fully saturated rings. The van der Waals surface area contributed by atoms with Crippen LogP contribution in [0.3, 0.4) is 0 Å². The van der Waals surface area contributed by atoms with E-state index in [1.807, 2.05) is 28.9 Å². The maximum absolute atomic E-state index is 13.0. The summed E-state index contributed by atoms with van der Waals surface area (Å²) >= 11 is 9.00. The molecule has 0 saturated heterocycles. The van der Waals surface area contributed by atoms with E-state index in [1.165, 1.54) is 15.4 Å². The largest absolute Gasteiger partial charge is 0.310 e. The smallest absolute Gasteiger partial charge is 0.165 e. The Morgan fingerprint density at radius 1 is 1.00 bits per heavy atom. The average molecular weight is 443 g/mol. The minimum absolute atomic E-state index is 0.210. The van der Waals surface area contributed by atoms with E-state index in [0.29, 0.717) is 23.0 Å². The van der Waals surface area contributed by atoms with Gasteiger partial charge in [0.1, 0.15) is 0 Å². The van der Waals surface area contributed by atoms with E-state index in [0.717, 1.165) is 12.0 Å². The monoisotopic (exact) mass is 442 g/mol. The van der Waals surface area contributed by atoms with Crippen molar-refractivity contribution in [3.8, 4) is 0 Å². The van der Waals surface area contributed by atoms with E-state index in [1.54, 1.807) is 35.2 Å². The zero-order valence-electron chi connectivity index (χ0n) is 15.2. The van der Waals surface area contributed by atoms with Crippen LogP contribution >= 0.6 is 58.8 Å². The summed E-state index contributed by atoms with van der Waals surface area (Å²) in [6.07, 6.45) is 10.3. The molecular weight excluding hydrogens is 421 g/mol. The zero-order chi connectivity index (χ0) is 18.5. The third kappa shape index (κ3) is 3.05. The summed E-state index contributed by atoms with van der Waals surface area (Å²) in [6, 6.07) is 0. The summed E-state index contributed by atoms with van der Waals surface area (Å²) in [5.74, 6) is 0.293. The Kier molecular flexibility index (Phi) is 5.42. The molecule has 0 bridgehead atoms. The van der Waals surface area contributed by atoms with Gasteiger partial charge in [-0.2, -0.15) is 11.3 Å². The van der Waals surface area contributed by atoms with Crippen LogP contribution in [0.1, 0.15) is 36.2 Å². The molecule has 1 aromatic rings. The van der Waals surface area contributed by atoms with Gasteiger partial charge in [-0.15, -0.1) is 23.5 Å². The highest BCUT2D eigenvalue weighted by Gasteiger charge is 2.49. The van der Waals surface area contributed by atoms with Crippen LogP contribution in [0, 0.1) is 5.41 Å². The summed E-state index contributed by atoms with van der Waals surface area (Å²) in [4.78, 5) is 15.7. The van der Waals surface area contributed by atoms with Crippen molar-refractivity contribution < 1.29 is 4.79 Å². The number of nitrogens with zero attached hydrogens (tertiary/aromatic N) is 2. The molecule has 1 aromatic heterocycles. The molecule has 0 N–H and O–H groups in total. The number of hydrogen-bond acceptors (Lipinski definition) is 8. The van der Waals surface area contributed by atoms with Gasteiger partial charge in [-0.1, -0.05) is 23.9 Å². The Labute approximate surface area is 176 Å². The van der Waals surface area contributed by atoms with Gasteiger partial charge in [0.25, 0.3) is 0 Å². The highest BCUT2D eigenvalue weighted by Crippen LogP contribution is 2.60. The van der Waals surface area contributed by atoms with Gasteiger partial charge < -0.3 is 8.61 Å². The normalized spacial score (nSPS) is 31.3. The van der Waals surface area contributed by atoms with Gasteiger partial charge in [0.15, 0.2) is 5.78 Å². The first kappa shape index (κ1) is 19.2. The topological polar surface area (TPSA) is 23.6 Å². The molecule has 1 aliphatic carbocycles. The molecule has 0 radical (unpaired) electrons. The Balaban J connectivity index is 1.80. The van der Waals surface area contributed by atoms with Gasteiger partial charge in [-0.25, -0.2) is 0 Å². The summed E-state index contributed by atoms with van der Waals surface area (Å²) in [5, 5.41) is 5.00. The summed E-state index contributed by atoms with van der Waals surface area (Å²) in [5.41, 5.74) is 1.96. The first-order chi connectivity index (χ1) is 12.5. The number of thiophene rings is 1. The standard InChI is InChI=1S/C18H22N2OS5/c1-11-19(22-3)7-16(25-11)18(17-8-20(23-4)12(2)26-17)5-13-9-24-10-14(13)15(21)6-18/h7-12H,5-6H2,1-4H3. The van der Waals surface area contributed by atoms with Crippen molar-refractivity contribution >= 4 is 64.5 Å². The van der Waals surface area contributed by atoms with Crippen LogP contribution in [-0.2, 0) is 6.42 Å². The number of ketones is 1. The van der Waals surface area contributed by atoms with E-state index >= 15 is 0 Å². The maximum Gasteiger partial charge on any atom is 0.165 e. The van der Waals surface area contributed by atoms with Crippen LogP contribution in [0.15, 0.2) is 33.0 Å². The second-order valence-corrected chi connectivity index (χ2v) is 11.7. The van der Waals surface area contributed by atoms with Crippen molar-refractivity contribution in [2.45, 2.75) is 37.4 Å². The van der Waals surface area contributed by atoms with Gasteiger partial charge in [0.2, 0.25) is 0 Å². The lowest BCUT2D eigenvalue weighted by Crippen LogP contribution is -2.33. The minimum atomic E-state index is -0.210. The lowest BCUT2D eigenvalue weighted by Gasteiger charge is -2.38. The number of carbonyl (C=O) groups is 1. The van der Waals surface area contributed by atoms with Crippen LogP contribution in [0.5, 0.6) is 0 Å². The molecule has 2 unspecified atom stereocenters. The Morgan fingerprint density at radius 3 is 2.08 bits per heavy atom. The molecule has 0 saturated carbocycles. The quantitative estimate of drug-likeness (QED) is 0.536. The molecule has 0 amide bonds. The molecular formula is C18H22N2OS5. The van der Waals surface area contributed by atoms with E-state index in [4.69, 9.17) is 0 Å². The molecule has 8 heteroatoms. The number of fused-ring (bicyclic) bond motifs is 1. The third-order valence-electron chi connectivity index (χ3n) is 5.16. The SMILES string of the molecule is CSN1C=C(C2(C3=CN(SC)C(C)S3)CC(=O)c3cscc3C2)SC1C. The summed E-state index contributed by atoms with van der Waals surface area (Å²) in [6.45, 7) is 4.48. The van der Waals surface area contributed by atoms with Crippen LogP contribution in [0.2, 0.25) is 0 Å². The molecule has 4 rings (SSSR count). The molecule has 0 aromatic carbocycles. The van der Waals surface area contributed by atoms with Crippen LogP contribution in [-0.4, -0.2) is 37.7 Å². The number of allylic oxidation sites excluding steroid dienone is 2. The van der Waals surface area contributed by atoms with Crippen molar-refractivity contribution in [2.75, 3.05) is 12.5 Å². The predicted octanol–water partition coefficient (Wildman–Crippen LogP) is 5.89.